The van der Waals surface area contributed by atoms with E-state index in [0.29, 0.717) is 25.7 Å². The van der Waals surface area contributed by atoms with Crippen LogP contribution >= 0.6 is 0 Å². The Hall–Kier alpha value is -1.43. The number of hydrogen-bond donors (Lipinski definition) is 1. The molecule has 1 amide bonds. The summed E-state index contributed by atoms with van der Waals surface area (Å²) in [5.74, 6) is 0.0392. The second-order valence-electron chi connectivity index (χ2n) is 4.60. The van der Waals surface area contributed by atoms with Crippen LogP contribution in [-0.4, -0.2) is 34.1 Å². The molecule has 1 aromatic rings. The SMILES string of the molecule is CCOCCn1nnc(C(N)=O)c1CCC(C)C. The van der Waals surface area contributed by atoms with Gasteiger partial charge in [0.25, 0.3) is 5.91 Å². The molecule has 0 aliphatic rings. The van der Waals surface area contributed by atoms with Crippen molar-refractivity contribution in [3.8, 4) is 0 Å². The maximum absolute atomic E-state index is 11.3. The molecule has 0 fully saturated rings. The fourth-order valence-corrected chi connectivity index (χ4v) is 1.67. The van der Waals surface area contributed by atoms with Crippen LogP contribution in [0.5, 0.6) is 0 Å². The van der Waals surface area contributed by atoms with Gasteiger partial charge < -0.3 is 10.5 Å². The van der Waals surface area contributed by atoms with E-state index in [2.05, 4.69) is 24.2 Å². The smallest absolute Gasteiger partial charge is 0.271 e. The zero-order chi connectivity index (χ0) is 13.5. The highest BCUT2D eigenvalue weighted by molar-refractivity contribution is 5.91. The fourth-order valence-electron chi connectivity index (χ4n) is 1.67. The Morgan fingerprint density at radius 2 is 2.22 bits per heavy atom. The average Bonchev–Trinajstić information content (AvgIpc) is 2.70. The molecule has 0 saturated carbocycles. The van der Waals surface area contributed by atoms with E-state index in [1.807, 2.05) is 6.92 Å². The van der Waals surface area contributed by atoms with Crippen LogP contribution in [0.15, 0.2) is 0 Å². The van der Waals surface area contributed by atoms with Crippen molar-refractivity contribution >= 4 is 5.91 Å². The summed E-state index contributed by atoms with van der Waals surface area (Å²) in [4.78, 5) is 11.3. The summed E-state index contributed by atoms with van der Waals surface area (Å²) < 4.78 is 7.00. The lowest BCUT2D eigenvalue weighted by Crippen LogP contribution is -2.17. The molecule has 102 valence electrons. The van der Waals surface area contributed by atoms with Crippen molar-refractivity contribution in [2.75, 3.05) is 13.2 Å². The predicted octanol–water partition coefficient (Wildman–Crippen LogP) is 1.00. The van der Waals surface area contributed by atoms with Crippen LogP contribution in [0.3, 0.4) is 0 Å². The van der Waals surface area contributed by atoms with Crippen molar-refractivity contribution in [3.05, 3.63) is 11.4 Å². The molecule has 6 heteroatoms. The molecule has 2 N–H and O–H groups in total. The summed E-state index contributed by atoms with van der Waals surface area (Å²) in [6, 6.07) is 0. The minimum atomic E-state index is -0.517. The number of amides is 1. The van der Waals surface area contributed by atoms with Crippen molar-refractivity contribution in [2.45, 2.75) is 40.2 Å². The van der Waals surface area contributed by atoms with E-state index in [-0.39, 0.29) is 5.69 Å². The van der Waals surface area contributed by atoms with Gasteiger partial charge in [-0.3, -0.25) is 4.79 Å². The average molecular weight is 254 g/mol. The molecule has 0 radical (unpaired) electrons. The number of rotatable bonds is 8. The van der Waals surface area contributed by atoms with Crippen LogP contribution in [-0.2, 0) is 17.7 Å². The van der Waals surface area contributed by atoms with Gasteiger partial charge in [0.05, 0.1) is 18.8 Å². The van der Waals surface area contributed by atoms with Crippen molar-refractivity contribution in [1.29, 1.82) is 0 Å². The molecule has 0 aromatic carbocycles. The van der Waals surface area contributed by atoms with Gasteiger partial charge in [-0.2, -0.15) is 0 Å². The molecule has 0 bridgehead atoms. The van der Waals surface area contributed by atoms with E-state index in [4.69, 9.17) is 10.5 Å². The molecule has 0 aliphatic carbocycles. The quantitative estimate of drug-likeness (QED) is 0.702. The van der Waals surface area contributed by atoms with Crippen LogP contribution < -0.4 is 5.73 Å². The van der Waals surface area contributed by atoms with Gasteiger partial charge in [0.15, 0.2) is 5.69 Å². The van der Waals surface area contributed by atoms with E-state index >= 15 is 0 Å². The lowest BCUT2D eigenvalue weighted by atomic mass is 10.1. The monoisotopic (exact) mass is 254 g/mol. The zero-order valence-electron chi connectivity index (χ0n) is 11.3. The minimum Gasteiger partial charge on any atom is -0.380 e. The van der Waals surface area contributed by atoms with Gasteiger partial charge in [0, 0.05) is 6.61 Å². The number of ether oxygens (including phenoxy) is 1. The highest BCUT2D eigenvalue weighted by Crippen LogP contribution is 2.12. The Bertz CT molecular complexity index is 387. The Kier molecular flexibility index (Phi) is 5.77. The highest BCUT2D eigenvalue weighted by atomic mass is 16.5. The molecule has 0 aliphatic heterocycles. The van der Waals surface area contributed by atoms with Gasteiger partial charge in [-0.15, -0.1) is 5.10 Å². The number of primary amides is 1. The largest absolute Gasteiger partial charge is 0.380 e. The molecule has 18 heavy (non-hydrogen) atoms. The van der Waals surface area contributed by atoms with Crippen molar-refractivity contribution < 1.29 is 9.53 Å². The van der Waals surface area contributed by atoms with E-state index in [1.165, 1.54) is 0 Å². The standard InChI is InChI=1S/C12H22N4O2/c1-4-18-8-7-16-10(6-5-9(2)3)11(12(13)17)14-15-16/h9H,4-8H2,1-3H3,(H2,13,17). The Labute approximate surface area is 107 Å². The highest BCUT2D eigenvalue weighted by Gasteiger charge is 2.17. The molecule has 0 unspecified atom stereocenters. The van der Waals surface area contributed by atoms with Gasteiger partial charge in [0.2, 0.25) is 0 Å². The van der Waals surface area contributed by atoms with Crippen molar-refractivity contribution in [2.24, 2.45) is 11.7 Å². The molecule has 6 nitrogen and oxygen atoms in total. The summed E-state index contributed by atoms with van der Waals surface area (Å²) in [6.45, 7) is 8.04. The minimum absolute atomic E-state index is 0.284. The van der Waals surface area contributed by atoms with Crippen LogP contribution in [0.25, 0.3) is 0 Å². The number of nitrogens with two attached hydrogens (primary N) is 1. The molecular formula is C12H22N4O2. The lowest BCUT2D eigenvalue weighted by molar-refractivity contribution is 0.0994. The number of aromatic nitrogens is 3. The number of carbonyl (C=O) groups excluding carboxylic acids is 1. The van der Waals surface area contributed by atoms with Gasteiger partial charge >= 0.3 is 0 Å². The first-order valence-electron chi connectivity index (χ1n) is 6.36. The van der Waals surface area contributed by atoms with Gasteiger partial charge in [-0.05, 0) is 25.7 Å². The summed E-state index contributed by atoms with van der Waals surface area (Å²) >= 11 is 0. The Balaban J connectivity index is 2.78. The normalized spacial score (nSPS) is 11.1. The van der Waals surface area contributed by atoms with Crippen LogP contribution in [0.4, 0.5) is 0 Å². The first-order valence-corrected chi connectivity index (χ1v) is 6.36. The van der Waals surface area contributed by atoms with Crippen LogP contribution in [0.1, 0.15) is 43.4 Å². The summed E-state index contributed by atoms with van der Waals surface area (Å²) in [5, 5.41) is 7.83. The third-order valence-electron chi connectivity index (χ3n) is 2.68. The second-order valence-corrected chi connectivity index (χ2v) is 4.60. The third kappa shape index (κ3) is 4.10. The van der Waals surface area contributed by atoms with E-state index in [0.717, 1.165) is 18.5 Å². The first-order chi connectivity index (χ1) is 8.56. The number of nitrogens with zero attached hydrogens (tertiary/aromatic N) is 3. The maximum atomic E-state index is 11.3. The van der Waals surface area contributed by atoms with Crippen molar-refractivity contribution in [1.82, 2.24) is 15.0 Å². The maximum Gasteiger partial charge on any atom is 0.271 e. The predicted molar refractivity (Wildman–Crippen MR) is 68.2 cm³/mol. The van der Waals surface area contributed by atoms with E-state index in [1.54, 1.807) is 4.68 Å². The topological polar surface area (TPSA) is 83.0 Å². The van der Waals surface area contributed by atoms with Crippen LogP contribution in [0.2, 0.25) is 0 Å². The molecule has 1 rings (SSSR count). The Morgan fingerprint density at radius 3 is 2.78 bits per heavy atom. The van der Waals surface area contributed by atoms with E-state index < -0.39 is 5.91 Å². The molecule has 0 spiro atoms. The summed E-state index contributed by atoms with van der Waals surface area (Å²) in [7, 11) is 0. The van der Waals surface area contributed by atoms with Gasteiger partial charge in [-0.1, -0.05) is 19.1 Å². The third-order valence-corrected chi connectivity index (χ3v) is 2.68. The van der Waals surface area contributed by atoms with Crippen molar-refractivity contribution in [3.63, 3.8) is 0 Å². The second kappa shape index (κ2) is 7.10. The summed E-state index contributed by atoms with van der Waals surface area (Å²) in [5.41, 5.74) is 6.40. The molecule has 1 aromatic heterocycles. The lowest BCUT2D eigenvalue weighted by Gasteiger charge is -2.08. The Morgan fingerprint density at radius 1 is 1.50 bits per heavy atom. The summed E-state index contributed by atoms with van der Waals surface area (Å²) in [6.07, 6.45) is 1.73. The molecule has 0 atom stereocenters. The molecule has 1 heterocycles. The fraction of sp³-hybridized carbons (Fsp3) is 0.750. The van der Waals surface area contributed by atoms with E-state index in [9.17, 15) is 4.79 Å². The molecule has 0 saturated heterocycles. The first kappa shape index (κ1) is 14.6. The molecular weight excluding hydrogens is 232 g/mol. The number of carbonyl (C=O) groups is 1. The zero-order valence-corrected chi connectivity index (χ0v) is 11.3. The van der Waals surface area contributed by atoms with Gasteiger partial charge in [-0.25, -0.2) is 4.68 Å². The number of hydrogen-bond acceptors (Lipinski definition) is 4. The van der Waals surface area contributed by atoms with Crippen LogP contribution in [0, 0.1) is 5.92 Å². The van der Waals surface area contributed by atoms with Gasteiger partial charge in [0.1, 0.15) is 0 Å².